The number of aromatic nitrogens is 3. The molecule has 0 aliphatic rings. The van der Waals surface area contributed by atoms with Gasteiger partial charge in [0.1, 0.15) is 0 Å². The number of thiophene rings is 2. The smallest absolute Gasteiger partial charge is 0.164 e. The molecule has 262 valence electrons. The normalized spacial score (nSPS) is 11.6. The van der Waals surface area contributed by atoms with Crippen LogP contribution < -0.4 is 0 Å². The Labute approximate surface area is 331 Å². The molecule has 11 aromatic rings. The second kappa shape index (κ2) is 13.5. The molecule has 56 heavy (non-hydrogen) atoms. The van der Waals surface area contributed by atoms with Gasteiger partial charge < -0.3 is 0 Å². The second-order valence-electron chi connectivity index (χ2n) is 13.9. The van der Waals surface area contributed by atoms with E-state index < -0.39 is 0 Å². The first-order valence-electron chi connectivity index (χ1n) is 18.7. The standard InChI is InChI=1S/C51H31N3S2/c1-3-13-33(14-4-1)37-17-7-8-19-44(37)51-53-49(34-15-5-2-6-16-34)52-50(54-51)35-27-25-32(26-28-35)36-29-30-39-41-21-12-23-43(48(41)56-46(39)31-36)42-22-11-20-40-38-18-9-10-24-45(38)55-47(40)42/h1-31H. The minimum atomic E-state index is 0.643. The summed E-state index contributed by atoms with van der Waals surface area (Å²) in [4.78, 5) is 15.1. The monoisotopic (exact) mass is 749 g/mol. The number of hydrogen-bond acceptors (Lipinski definition) is 5. The Morgan fingerprint density at radius 3 is 1.43 bits per heavy atom. The summed E-state index contributed by atoms with van der Waals surface area (Å²) in [5, 5.41) is 5.25. The van der Waals surface area contributed by atoms with E-state index in [-0.39, 0.29) is 0 Å². The Bertz CT molecular complexity index is 3240. The van der Waals surface area contributed by atoms with Crippen LogP contribution in [0.25, 0.3) is 108 Å². The van der Waals surface area contributed by atoms with Gasteiger partial charge in [0.15, 0.2) is 17.5 Å². The molecule has 0 aliphatic carbocycles. The van der Waals surface area contributed by atoms with Crippen molar-refractivity contribution in [2.75, 3.05) is 0 Å². The molecule has 3 heterocycles. The van der Waals surface area contributed by atoms with Gasteiger partial charge in [-0.2, -0.15) is 0 Å². The molecule has 0 unspecified atom stereocenters. The summed E-state index contributed by atoms with van der Waals surface area (Å²) in [5.41, 5.74) is 9.99. The van der Waals surface area contributed by atoms with Crippen LogP contribution in [-0.4, -0.2) is 15.0 Å². The van der Waals surface area contributed by atoms with Crippen molar-refractivity contribution in [1.82, 2.24) is 15.0 Å². The van der Waals surface area contributed by atoms with Crippen LogP contribution in [0, 0.1) is 0 Å². The summed E-state index contributed by atoms with van der Waals surface area (Å²) in [6.07, 6.45) is 0. The molecule has 0 spiro atoms. The first kappa shape index (κ1) is 32.6. The highest BCUT2D eigenvalue weighted by Crippen LogP contribution is 2.46. The van der Waals surface area contributed by atoms with Crippen molar-refractivity contribution in [3.8, 4) is 67.5 Å². The summed E-state index contributed by atoms with van der Waals surface area (Å²) >= 11 is 3.77. The zero-order chi connectivity index (χ0) is 37.0. The van der Waals surface area contributed by atoms with Crippen LogP contribution in [0.1, 0.15) is 0 Å². The number of nitrogens with zero attached hydrogens (tertiary/aromatic N) is 3. The maximum absolute atomic E-state index is 5.10. The van der Waals surface area contributed by atoms with Crippen molar-refractivity contribution in [3.63, 3.8) is 0 Å². The molecule has 0 saturated carbocycles. The molecule has 0 radical (unpaired) electrons. The zero-order valence-corrected chi connectivity index (χ0v) is 31.7. The predicted octanol–water partition coefficient (Wildman–Crippen LogP) is 14.6. The summed E-state index contributed by atoms with van der Waals surface area (Å²) in [5.74, 6) is 1.94. The molecule has 3 aromatic heterocycles. The van der Waals surface area contributed by atoms with Gasteiger partial charge in [0.2, 0.25) is 0 Å². The van der Waals surface area contributed by atoms with E-state index >= 15 is 0 Å². The fourth-order valence-corrected chi connectivity index (χ4v) is 10.4. The number of hydrogen-bond donors (Lipinski definition) is 0. The van der Waals surface area contributed by atoms with E-state index in [9.17, 15) is 0 Å². The lowest BCUT2D eigenvalue weighted by Crippen LogP contribution is -2.01. The first-order valence-corrected chi connectivity index (χ1v) is 20.3. The fraction of sp³-hybridized carbons (Fsp3) is 0. The Morgan fingerprint density at radius 1 is 0.268 bits per heavy atom. The minimum Gasteiger partial charge on any atom is -0.208 e. The Morgan fingerprint density at radius 2 is 0.732 bits per heavy atom. The molecule has 0 bridgehead atoms. The molecule has 0 atom stereocenters. The maximum atomic E-state index is 5.10. The van der Waals surface area contributed by atoms with Crippen LogP contribution in [0.4, 0.5) is 0 Å². The third-order valence-corrected chi connectivity index (χ3v) is 13.0. The van der Waals surface area contributed by atoms with Crippen molar-refractivity contribution < 1.29 is 0 Å². The molecule has 3 nitrogen and oxygen atoms in total. The Balaban J connectivity index is 0.980. The van der Waals surface area contributed by atoms with E-state index in [2.05, 4.69) is 146 Å². The van der Waals surface area contributed by atoms with Gasteiger partial charge in [0.05, 0.1) is 0 Å². The lowest BCUT2D eigenvalue weighted by atomic mass is 9.99. The van der Waals surface area contributed by atoms with Gasteiger partial charge in [-0.25, -0.2) is 15.0 Å². The summed E-state index contributed by atoms with van der Waals surface area (Å²) in [6, 6.07) is 66.6. The van der Waals surface area contributed by atoms with Gasteiger partial charge in [-0.1, -0.05) is 176 Å². The largest absolute Gasteiger partial charge is 0.208 e. The van der Waals surface area contributed by atoms with E-state index in [1.54, 1.807) is 0 Å². The lowest BCUT2D eigenvalue weighted by molar-refractivity contribution is 1.07. The Kier molecular flexibility index (Phi) is 7.87. The topological polar surface area (TPSA) is 38.7 Å². The van der Waals surface area contributed by atoms with Gasteiger partial charge in [-0.05, 0) is 34.4 Å². The minimum absolute atomic E-state index is 0.643. The lowest BCUT2D eigenvalue weighted by Gasteiger charge is -2.12. The van der Waals surface area contributed by atoms with Crippen LogP contribution in [0.5, 0.6) is 0 Å². The van der Waals surface area contributed by atoms with Crippen molar-refractivity contribution in [2.45, 2.75) is 0 Å². The summed E-state index contributed by atoms with van der Waals surface area (Å²) < 4.78 is 5.29. The fourth-order valence-electron chi connectivity index (χ4n) is 7.85. The van der Waals surface area contributed by atoms with E-state index in [0.29, 0.717) is 17.5 Å². The van der Waals surface area contributed by atoms with Crippen LogP contribution in [-0.2, 0) is 0 Å². The molecule has 0 aliphatic heterocycles. The number of rotatable bonds is 6. The molecule has 0 fully saturated rings. The van der Waals surface area contributed by atoms with Gasteiger partial charge >= 0.3 is 0 Å². The van der Waals surface area contributed by atoms with E-state index in [4.69, 9.17) is 15.0 Å². The number of benzene rings is 8. The molecule has 0 amide bonds. The molecule has 11 rings (SSSR count). The molecule has 5 heteroatoms. The van der Waals surface area contributed by atoms with Crippen LogP contribution in [0.2, 0.25) is 0 Å². The van der Waals surface area contributed by atoms with Crippen molar-refractivity contribution in [2.24, 2.45) is 0 Å². The van der Waals surface area contributed by atoms with E-state index in [1.165, 1.54) is 57.0 Å². The third kappa shape index (κ3) is 5.60. The predicted molar refractivity (Wildman–Crippen MR) is 238 cm³/mol. The SMILES string of the molecule is c1ccc(-c2nc(-c3ccc(-c4ccc5c(c4)sc4c(-c6cccc7c6sc6ccccc67)cccc45)cc3)nc(-c3ccccc3-c3ccccc3)n2)cc1. The molecule has 0 N–H and O–H groups in total. The second-order valence-corrected chi connectivity index (χ2v) is 16.0. The van der Waals surface area contributed by atoms with Gasteiger partial charge in [0.25, 0.3) is 0 Å². The Hall–Kier alpha value is -6.79. The average Bonchev–Trinajstić information content (AvgIpc) is 3.85. The van der Waals surface area contributed by atoms with E-state index in [1.807, 2.05) is 65.1 Å². The van der Waals surface area contributed by atoms with Crippen LogP contribution in [0.3, 0.4) is 0 Å². The maximum Gasteiger partial charge on any atom is 0.164 e. The van der Waals surface area contributed by atoms with Crippen LogP contribution >= 0.6 is 22.7 Å². The van der Waals surface area contributed by atoms with Crippen LogP contribution in [0.15, 0.2) is 188 Å². The average molecular weight is 750 g/mol. The quantitative estimate of drug-likeness (QED) is 0.170. The van der Waals surface area contributed by atoms with Crippen molar-refractivity contribution >= 4 is 63.0 Å². The highest BCUT2D eigenvalue weighted by atomic mass is 32.1. The molecule has 8 aromatic carbocycles. The summed E-state index contributed by atoms with van der Waals surface area (Å²) in [6.45, 7) is 0. The highest BCUT2D eigenvalue weighted by molar-refractivity contribution is 7.27. The van der Waals surface area contributed by atoms with Crippen molar-refractivity contribution in [1.29, 1.82) is 0 Å². The first-order chi connectivity index (χ1) is 27.7. The highest BCUT2D eigenvalue weighted by Gasteiger charge is 2.18. The van der Waals surface area contributed by atoms with Gasteiger partial charge in [0, 0.05) is 68.2 Å². The number of fused-ring (bicyclic) bond motifs is 6. The van der Waals surface area contributed by atoms with Gasteiger partial charge in [-0.3, -0.25) is 0 Å². The molecular formula is C51H31N3S2. The molecular weight excluding hydrogens is 719 g/mol. The van der Waals surface area contributed by atoms with E-state index in [0.717, 1.165) is 33.4 Å². The summed E-state index contributed by atoms with van der Waals surface area (Å²) in [7, 11) is 0. The zero-order valence-electron chi connectivity index (χ0n) is 30.1. The molecule has 0 saturated heterocycles. The van der Waals surface area contributed by atoms with Gasteiger partial charge in [-0.15, -0.1) is 22.7 Å². The van der Waals surface area contributed by atoms with Crippen molar-refractivity contribution in [3.05, 3.63) is 188 Å². The third-order valence-electron chi connectivity index (χ3n) is 10.6.